The molecular weight excluding hydrogens is 322 g/mol. The molecule has 0 saturated carbocycles. The van der Waals surface area contributed by atoms with E-state index in [2.05, 4.69) is 10.4 Å². The van der Waals surface area contributed by atoms with Gasteiger partial charge in [0.05, 0.1) is 18.3 Å². The molecule has 2 saturated heterocycles. The third-order valence-corrected chi connectivity index (χ3v) is 4.78. The van der Waals surface area contributed by atoms with Gasteiger partial charge in [0.15, 0.2) is 0 Å². The van der Waals surface area contributed by atoms with E-state index in [1.807, 2.05) is 6.92 Å². The Labute approximate surface area is 138 Å². The number of hydrogen-bond acceptors (Lipinski definition) is 4. The van der Waals surface area contributed by atoms with Crippen LogP contribution in [0.3, 0.4) is 0 Å². The second kappa shape index (κ2) is 5.84. The highest BCUT2D eigenvalue weighted by molar-refractivity contribution is 6.30. The predicted molar refractivity (Wildman–Crippen MR) is 81.8 cm³/mol. The quantitative estimate of drug-likeness (QED) is 0.817. The Hall–Kier alpha value is -2.09. The maximum atomic E-state index is 12.6. The second-order valence-electron chi connectivity index (χ2n) is 5.80. The Balaban J connectivity index is 1.80. The van der Waals surface area contributed by atoms with Crippen molar-refractivity contribution in [1.29, 1.82) is 0 Å². The molecule has 0 spiro atoms. The molecule has 4 amide bonds. The summed E-state index contributed by atoms with van der Waals surface area (Å²) in [5.41, 5.74) is 1.63. The number of urea groups is 1. The number of hydrogen-bond donors (Lipinski definition) is 1. The van der Waals surface area contributed by atoms with Crippen LogP contribution in [0.2, 0.25) is 5.15 Å². The summed E-state index contributed by atoms with van der Waals surface area (Å²) in [6.45, 7) is 2.15. The summed E-state index contributed by atoms with van der Waals surface area (Å²) in [6, 6.07) is -0.681. The molecule has 3 heterocycles. The van der Waals surface area contributed by atoms with Crippen molar-refractivity contribution in [2.24, 2.45) is 7.05 Å². The van der Waals surface area contributed by atoms with E-state index in [4.69, 9.17) is 11.6 Å². The lowest BCUT2D eigenvalue weighted by atomic mass is 10.1. The number of imide groups is 1. The van der Waals surface area contributed by atoms with Gasteiger partial charge in [0.1, 0.15) is 11.7 Å². The van der Waals surface area contributed by atoms with Crippen LogP contribution in [0.25, 0.3) is 0 Å². The summed E-state index contributed by atoms with van der Waals surface area (Å²) in [7, 11) is 1.76. The van der Waals surface area contributed by atoms with Crippen molar-refractivity contribution in [3.8, 4) is 0 Å². The molecule has 9 heteroatoms. The van der Waals surface area contributed by atoms with Gasteiger partial charge < -0.3 is 10.2 Å². The normalized spacial score (nSPS) is 21.3. The van der Waals surface area contributed by atoms with Crippen LogP contribution < -0.4 is 5.32 Å². The summed E-state index contributed by atoms with van der Waals surface area (Å²) >= 11 is 6.31. The Morgan fingerprint density at radius 3 is 2.74 bits per heavy atom. The molecule has 2 aliphatic heterocycles. The van der Waals surface area contributed by atoms with Gasteiger partial charge in [-0.1, -0.05) is 11.6 Å². The van der Waals surface area contributed by atoms with Crippen LogP contribution in [-0.2, 0) is 16.6 Å². The standard InChI is InChI=1S/C14H18ClN5O3/c1-8-12(13(15)18(2)17-8)9-4-3-5-19(9)11(22)7-20-10(21)6-16-14(20)23/h9H,3-7H2,1-2H3,(H,16,23). The summed E-state index contributed by atoms with van der Waals surface area (Å²) < 4.78 is 1.59. The van der Waals surface area contributed by atoms with Gasteiger partial charge in [0, 0.05) is 19.2 Å². The van der Waals surface area contributed by atoms with Gasteiger partial charge in [-0.15, -0.1) is 0 Å². The maximum absolute atomic E-state index is 12.6. The number of carbonyl (C=O) groups is 3. The number of nitrogens with zero attached hydrogens (tertiary/aromatic N) is 4. The van der Waals surface area contributed by atoms with Crippen molar-refractivity contribution in [2.45, 2.75) is 25.8 Å². The van der Waals surface area contributed by atoms with E-state index >= 15 is 0 Å². The topological polar surface area (TPSA) is 87.5 Å². The third-order valence-electron chi connectivity index (χ3n) is 4.33. The number of likely N-dealkylation sites (tertiary alicyclic amines) is 1. The van der Waals surface area contributed by atoms with Gasteiger partial charge in [-0.2, -0.15) is 5.10 Å². The molecule has 0 radical (unpaired) electrons. The molecule has 0 aromatic carbocycles. The molecule has 1 N–H and O–H groups in total. The molecule has 2 aliphatic rings. The fourth-order valence-electron chi connectivity index (χ4n) is 3.23. The van der Waals surface area contributed by atoms with Gasteiger partial charge >= 0.3 is 6.03 Å². The number of amides is 4. The third kappa shape index (κ3) is 2.67. The van der Waals surface area contributed by atoms with Crippen LogP contribution >= 0.6 is 11.6 Å². The predicted octanol–water partition coefficient (Wildman–Crippen LogP) is 0.597. The minimum atomic E-state index is -0.519. The number of aromatic nitrogens is 2. The molecule has 3 rings (SSSR count). The number of rotatable bonds is 3. The number of carbonyl (C=O) groups excluding carboxylic acids is 3. The van der Waals surface area contributed by atoms with E-state index in [-0.39, 0.29) is 30.9 Å². The smallest absolute Gasteiger partial charge is 0.325 e. The minimum absolute atomic E-state index is 0.0525. The molecule has 1 aromatic rings. The highest BCUT2D eigenvalue weighted by Crippen LogP contribution is 2.37. The lowest BCUT2D eigenvalue weighted by Crippen LogP contribution is -2.42. The van der Waals surface area contributed by atoms with Gasteiger partial charge in [-0.25, -0.2) is 4.79 Å². The van der Waals surface area contributed by atoms with E-state index in [9.17, 15) is 14.4 Å². The van der Waals surface area contributed by atoms with Crippen LogP contribution in [0.15, 0.2) is 0 Å². The Bertz CT molecular complexity index is 670. The summed E-state index contributed by atoms with van der Waals surface area (Å²) in [6.07, 6.45) is 1.64. The zero-order valence-corrected chi connectivity index (χ0v) is 13.8. The van der Waals surface area contributed by atoms with E-state index in [1.165, 1.54) is 0 Å². The van der Waals surface area contributed by atoms with E-state index in [1.54, 1.807) is 16.6 Å². The number of nitrogens with one attached hydrogen (secondary N) is 1. The molecule has 2 fully saturated rings. The average Bonchev–Trinajstić information content (AvgIpc) is 3.15. The van der Waals surface area contributed by atoms with E-state index < -0.39 is 6.03 Å². The molecule has 124 valence electrons. The largest absolute Gasteiger partial charge is 0.334 e. The van der Waals surface area contributed by atoms with E-state index in [0.29, 0.717) is 11.7 Å². The zero-order valence-electron chi connectivity index (χ0n) is 13.0. The van der Waals surface area contributed by atoms with Crippen molar-refractivity contribution in [1.82, 2.24) is 24.9 Å². The molecular formula is C14H18ClN5O3. The Kier molecular flexibility index (Phi) is 4.01. The first-order chi connectivity index (χ1) is 10.9. The van der Waals surface area contributed by atoms with Crippen LogP contribution in [0.5, 0.6) is 0 Å². The van der Waals surface area contributed by atoms with Crippen LogP contribution in [0.4, 0.5) is 4.79 Å². The molecule has 0 bridgehead atoms. The van der Waals surface area contributed by atoms with E-state index in [0.717, 1.165) is 29.0 Å². The first-order valence-electron chi connectivity index (χ1n) is 7.46. The number of halogens is 1. The summed E-state index contributed by atoms with van der Waals surface area (Å²) in [4.78, 5) is 38.5. The average molecular weight is 340 g/mol. The van der Waals surface area contributed by atoms with Gasteiger partial charge in [-0.3, -0.25) is 19.2 Å². The molecule has 1 unspecified atom stereocenters. The fraction of sp³-hybridized carbons (Fsp3) is 0.571. The minimum Gasteiger partial charge on any atom is -0.334 e. The van der Waals surface area contributed by atoms with Crippen molar-refractivity contribution in [3.63, 3.8) is 0 Å². The van der Waals surface area contributed by atoms with Crippen molar-refractivity contribution < 1.29 is 14.4 Å². The Morgan fingerprint density at radius 2 is 2.17 bits per heavy atom. The summed E-state index contributed by atoms with van der Waals surface area (Å²) in [5, 5.41) is 7.22. The van der Waals surface area contributed by atoms with Crippen molar-refractivity contribution in [3.05, 3.63) is 16.4 Å². The molecule has 0 aliphatic carbocycles. The first-order valence-corrected chi connectivity index (χ1v) is 7.84. The molecule has 1 atom stereocenters. The molecule has 1 aromatic heterocycles. The summed E-state index contributed by atoms with van der Waals surface area (Å²) in [5.74, 6) is -0.632. The maximum Gasteiger partial charge on any atom is 0.325 e. The molecule has 23 heavy (non-hydrogen) atoms. The van der Waals surface area contributed by atoms with Gasteiger partial charge in [-0.05, 0) is 19.8 Å². The van der Waals surface area contributed by atoms with Gasteiger partial charge in [0.2, 0.25) is 5.91 Å². The van der Waals surface area contributed by atoms with Crippen LogP contribution in [-0.4, -0.2) is 57.1 Å². The SMILES string of the molecule is Cc1nn(C)c(Cl)c1C1CCCN1C(=O)CN1C(=O)CNC1=O. The van der Waals surface area contributed by atoms with Crippen LogP contribution in [0.1, 0.15) is 30.1 Å². The number of aryl methyl sites for hydroxylation is 2. The monoisotopic (exact) mass is 339 g/mol. The van der Waals surface area contributed by atoms with Crippen molar-refractivity contribution in [2.75, 3.05) is 19.6 Å². The lowest BCUT2D eigenvalue weighted by Gasteiger charge is -2.26. The zero-order chi connectivity index (χ0) is 16.7. The highest BCUT2D eigenvalue weighted by atomic mass is 35.5. The van der Waals surface area contributed by atoms with Gasteiger partial charge in [0.25, 0.3) is 5.91 Å². The van der Waals surface area contributed by atoms with Crippen LogP contribution in [0, 0.1) is 6.92 Å². The Morgan fingerprint density at radius 1 is 1.43 bits per heavy atom. The first kappa shape index (κ1) is 15.8. The van der Waals surface area contributed by atoms with Crippen molar-refractivity contribution >= 4 is 29.4 Å². The lowest BCUT2D eigenvalue weighted by molar-refractivity contribution is -0.137. The highest BCUT2D eigenvalue weighted by Gasteiger charge is 2.37. The fourth-order valence-corrected chi connectivity index (χ4v) is 3.53. The second-order valence-corrected chi connectivity index (χ2v) is 6.16. The molecule has 8 nitrogen and oxygen atoms in total.